The number of halogens is 1. The van der Waals surface area contributed by atoms with E-state index in [1.807, 2.05) is 35.2 Å². The Bertz CT molecular complexity index is 1560. The minimum absolute atomic E-state index is 0.241. The van der Waals surface area contributed by atoms with Crippen molar-refractivity contribution in [1.29, 1.82) is 0 Å². The fraction of sp³-hybridized carbons (Fsp3) is 0.190. The second-order valence-electron chi connectivity index (χ2n) is 7.69. The fourth-order valence-electron chi connectivity index (χ4n) is 4.24. The Balaban J connectivity index is 1.56. The lowest BCUT2D eigenvalue weighted by Gasteiger charge is -2.41. The monoisotopic (exact) mass is 480 g/mol. The standard InChI is InChI=1S/C21H17ClN8O2S/c1-33(32)20-15-17(25-26-20)23-11-24-19(15)28-9-8-14(28)18-27-29-10-7-13(22)16(29)21(31)30(18)12-5-3-2-4-6-12/h2-7,10-11,14H,8-9H2,1H3,(H,23,24,25,26)/t14-,33?/m0/s1. The van der Waals surface area contributed by atoms with Crippen LogP contribution in [0.15, 0.2) is 58.7 Å². The van der Waals surface area contributed by atoms with Crippen LogP contribution in [0.3, 0.4) is 0 Å². The van der Waals surface area contributed by atoms with Crippen molar-refractivity contribution in [3.63, 3.8) is 0 Å². The van der Waals surface area contributed by atoms with Gasteiger partial charge in [-0.1, -0.05) is 29.8 Å². The lowest BCUT2D eigenvalue weighted by atomic mass is 10.0. The van der Waals surface area contributed by atoms with Crippen LogP contribution in [-0.2, 0) is 11.2 Å². The van der Waals surface area contributed by atoms with Crippen LogP contribution in [0.4, 0.5) is 5.82 Å². The van der Waals surface area contributed by atoms with Crippen molar-refractivity contribution in [1.82, 2.24) is 34.3 Å². The normalized spacial score (nSPS) is 16.9. The second-order valence-corrected chi connectivity index (χ2v) is 9.39. The first-order chi connectivity index (χ1) is 16.0. The molecule has 5 aromatic rings. The lowest BCUT2D eigenvalue weighted by molar-refractivity contribution is 0.424. The third kappa shape index (κ3) is 3.04. The van der Waals surface area contributed by atoms with E-state index in [0.29, 0.717) is 50.5 Å². The van der Waals surface area contributed by atoms with E-state index in [4.69, 9.17) is 16.7 Å². The first kappa shape index (κ1) is 20.2. The number of aromatic amines is 1. The molecule has 1 aliphatic heterocycles. The maximum absolute atomic E-state index is 13.6. The molecule has 166 valence electrons. The van der Waals surface area contributed by atoms with Crippen molar-refractivity contribution in [3.8, 4) is 5.69 Å². The molecule has 1 N–H and O–H groups in total. The maximum atomic E-state index is 13.6. The maximum Gasteiger partial charge on any atom is 0.284 e. The highest BCUT2D eigenvalue weighted by Crippen LogP contribution is 2.40. The molecule has 10 nitrogen and oxygen atoms in total. The summed E-state index contributed by atoms with van der Waals surface area (Å²) in [7, 11) is 0. The van der Waals surface area contributed by atoms with Crippen molar-refractivity contribution in [2.24, 2.45) is 0 Å². The number of H-pyrrole nitrogens is 1. The van der Waals surface area contributed by atoms with Gasteiger partial charge in [0.25, 0.3) is 10.6 Å². The summed E-state index contributed by atoms with van der Waals surface area (Å²) in [6.07, 6.45) is 5.45. The molecule has 1 aliphatic rings. The number of benzene rings is 1. The summed E-state index contributed by atoms with van der Waals surface area (Å²) in [5.41, 5.74) is 1.28. The summed E-state index contributed by atoms with van der Waals surface area (Å²) in [5.74, 6) is 1.17. The predicted octanol–water partition coefficient (Wildman–Crippen LogP) is 2.49. The molecule has 6 rings (SSSR count). The molecule has 0 spiro atoms. The average Bonchev–Trinajstić information content (AvgIpc) is 3.38. The van der Waals surface area contributed by atoms with Crippen molar-refractivity contribution in [2.75, 3.05) is 17.7 Å². The number of para-hydroxylation sites is 1. The second kappa shape index (κ2) is 7.58. The van der Waals surface area contributed by atoms with Crippen LogP contribution in [0.1, 0.15) is 18.3 Å². The summed E-state index contributed by atoms with van der Waals surface area (Å²) in [6.45, 7) is 0.687. The molecule has 5 heterocycles. The lowest BCUT2D eigenvalue weighted by Crippen LogP contribution is -2.45. The van der Waals surface area contributed by atoms with Gasteiger partial charge in [-0.15, -0.1) is 5.10 Å². The van der Waals surface area contributed by atoms with Gasteiger partial charge in [0.2, 0.25) is 0 Å². The summed E-state index contributed by atoms with van der Waals surface area (Å²) in [6, 6.07) is 10.8. The van der Waals surface area contributed by atoms with Crippen molar-refractivity contribution in [3.05, 3.63) is 70.1 Å². The van der Waals surface area contributed by atoms with Crippen LogP contribution in [0.25, 0.3) is 22.2 Å². The van der Waals surface area contributed by atoms with Crippen LogP contribution in [0.2, 0.25) is 5.02 Å². The van der Waals surface area contributed by atoms with E-state index < -0.39 is 11.2 Å². The molecular weight excluding hydrogens is 464 g/mol. The van der Waals surface area contributed by atoms with Gasteiger partial charge in [0.1, 0.15) is 29.3 Å². The highest BCUT2D eigenvalue weighted by molar-refractivity contribution is 7.90. The number of rotatable bonds is 4. The molecule has 0 bridgehead atoms. The molecular formula is C21H17ClN8O2S. The third-order valence-electron chi connectivity index (χ3n) is 5.84. The molecule has 0 radical (unpaired) electrons. The highest BCUT2D eigenvalue weighted by Gasteiger charge is 2.38. The summed E-state index contributed by atoms with van der Waals surface area (Å²) < 4.78 is 15.4. The molecule has 1 aromatic carbocycles. The molecule has 0 aliphatic carbocycles. The van der Waals surface area contributed by atoms with E-state index >= 15 is 0 Å². The van der Waals surface area contributed by atoms with Gasteiger partial charge >= 0.3 is 0 Å². The van der Waals surface area contributed by atoms with Gasteiger partial charge in [-0.05, 0) is 24.6 Å². The topological polar surface area (TPSA) is 120 Å². The van der Waals surface area contributed by atoms with Crippen LogP contribution >= 0.6 is 11.6 Å². The zero-order chi connectivity index (χ0) is 22.7. The smallest absolute Gasteiger partial charge is 0.284 e. The van der Waals surface area contributed by atoms with Crippen molar-refractivity contribution >= 4 is 45.1 Å². The minimum Gasteiger partial charge on any atom is -0.610 e. The van der Waals surface area contributed by atoms with Crippen molar-refractivity contribution in [2.45, 2.75) is 17.5 Å². The molecule has 2 atom stereocenters. The van der Waals surface area contributed by atoms with Gasteiger partial charge in [-0.2, -0.15) is 5.10 Å². The van der Waals surface area contributed by atoms with Crippen LogP contribution in [0.5, 0.6) is 0 Å². The molecule has 1 saturated heterocycles. The van der Waals surface area contributed by atoms with Crippen LogP contribution < -0.4 is 10.5 Å². The first-order valence-electron chi connectivity index (χ1n) is 10.2. The number of hydrogen-bond donors (Lipinski definition) is 1. The van der Waals surface area contributed by atoms with Crippen LogP contribution in [-0.4, -0.2) is 51.7 Å². The van der Waals surface area contributed by atoms with E-state index in [-0.39, 0.29) is 11.6 Å². The zero-order valence-electron chi connectivity index (χ0n) is 17.3. The molecule has 12 heteroatoms. The Morgan fingerprint density at radius 3 is 2.76 bits per heavy atom. The Kier molecular flexibility index (Phi) is 4.64. The number of aromatic nitrogens is 7. The van der Waals surface area contributed by atoms with Gasteiger partial charge in [-0.25, -0.2) is 14.5 Å². The van der Waals surface area contributed by atoms with Gasteiger partial charge in [-0.3, -0.25) is 14.5 Å². The van der Waals surface area contributed by atoms with E-state index in [1.165, 1.54) is 10.8 Å². The minimum atomic E-state index is -1.33. The Labute approximate surface area is 195 Å². The van der Waals surface area contributed by atoms with Gasteiger partial charge in [0, 0.05) is 23.9 Å². The predicted molar refractivity (Wildman–Crippen MR) is 125 cm³/mol. The number of anilines is 1. The van der Waals surface area contributed by atoms with Gasteiger partial charge in [0.05, 0.1) is 16.8 Å². The van der Waals surface area contributed by atoms with Gasteiger partial charge < -0.3 is 9.45 Å². The Hall–Kier alpha value is -3.41. The summed E-state index contributed by atoms with van der Waals surface area (Å²) >= 11 is 4.98. The Morgan fingerprint density at radius 2 is 2.03 bits per heavy atom. The number of hydrogen-bond acceptors (Lipinski definition) is 7. The molecule has 1 fully saturated rings. The molecule has 0 saturated carbocycles. The molecule has 33 heavy (non-hydrogen) atoms. The zero-order valence-corrected chi connectivity index (χ0v) is 18.9. The largest absolute Gasteiger partial charge is 0.610 e. The van der Waals surface area contributed by atoms with E-state index in [0.717, 1.165) is 6.42 Å². The number of fused-ring (bicyclic) bond motifs is 2. The summed E-state index contributed by atoms with van der Waals surface area (Å²) in [4.78, 5) is 24.3. The van der Waals surface area contributed by atoms with Crippen molar-refractivity contribution < 1.29 is 4.55 Å². The summed E-state index contributed by atoms with van der Waals surface area (Å²) in [5, 5.41) is 13.1. The molecule has 4 aromatic heterocycles. The van der Waals surface area contributed by atoms with E-state index in [9.17, 15) is 9.35 Å². The number of nitrogens with zero attached hydrogens (tertiary/aromatic N) is 7. The van der Waals surface area contributed by atoms with E-state index in [2.05, 4.69) is 20.2 Å². The average molecular weight is 481 g/mol. The molecule has 1 unspecified atom stereocenters. The van der Waals surface area contributed by atoms with E-state index in [1.54, 1.807) is 23.1 Å². The fourth-order valence-corrected chi connectivity index (χ4v) is 5.12. The van der Waals surface area contributed by atoms with Crippen LogP contribution in [0, 0.1) is 0 Å². The SMILES string of the molecule is C[S+]([O-])c1n[nH]c2ncnc(N3CC[C@H]3c3nn4ccc(Cl)c4c(=O)n3-c3ccccc3)c12. The first-order valence-corrected chi connectivity index (χ1v) is 12.1. The quantitative estimate of drug-likeness (QED) is 0.392. The number of nitrogens with one attached hydrogen (secondary N) is 1. The Morgan fingerprint density at radius 1 is 1.21 bits per heavy atom. The van der Waals surface area contributed by atoms with Gasteiger partial charge in [0.15, 0.2) is 11.5 Å². The third-order valence-corrected chi connectivity index (χ3v) is 6.99. The molecule has 0 amide bonds. The highest BCUT2D eigenvalue weighted by atomic mass is 35.5.